The Balaban J connectivity index is 1.81. The molecule has 140 valence electrons. The summed E-state index contributed by atoms with van der Waals surface area (Å²) in [6.45, 7) is 1.14. The van der Waals surface area contributed by atoms with Crippen molar-refractivity contribution in [3.63, 3.8) is 0 Å². The zero-order chi connectivity index (χ0) is 19.0. The molecule has 0 aliphatic rings. The van der Waals surface area contributed by atoms with Crippen LogP contribution in [0, 0.1) is 0 Å². The molecule has 0 aromatic heterocycles. The van der Waals surface area contributed by atoms with Gasteiger partial charge >= 0.3 is 6.03 Å². The van der Waals surface area contributed by atoms with E-state index in [1.807, 2.05) is 48.5 Å². The number of carbonyl (C=O) groups excluding carboxylic acids is 1. The Labute approximate surface area is 155 Å². The number of urea groups is 1. The minimum Gasteiger partial charge on any atom is -0.497 e. The van der Waals surface area contributed by atoms with Crippen LogP contribution < -0.4 is 15.4 Å². The highest BCUT2D eigenvalue weighted by atomic mass is 32.2. The molecule has 0 saturated carbocycles. The van der Waals surface area contributed by atoms with E-state index in [1.165, 1.54) is 0 Å². The van der Waals surface area contributed by atoms with Gasteiger partial charge in [0.25, 0.3) is 0 Å². The Bertz CT molecular complexity index is 831. The molecule has 0 bridgehead atoms. The Morgan fingerprint density at radius 1 is 1.00 bits per heavy atom. The van der Waals surface area contributed by atoms with E-state index >= 15 is 0 Å². The first-order chi connectivity index (χ1) is 12.4. The van der Waals surface area contributed by atoms with E-state index in [0.29, 0.717) is 19.6 Å². The third kappa shape index (κ3) is 6.76. The fourth-order valence-electron chi connectivity index (χ4n) is 2.28. The zero-order valence-electron chi connectivity index (χ0n) is 15.3. The quantitative estimate of drug-likeness (QED) is 0.730. The molecule has 6 nitrogen and oxygen atoms in total. The van der Waals surface area contributed by atoms with Gasteiger partial charge in [0, 0.05) is 35.3 Å². The van der Waals surface area contributed by atoms with Gasteiger partial charge in [0.1, 0.15) is 5.75 Å². The van der Waals surface area contributed by atoms with Crippen molar-refractivity contribution in [2.45, 2.75) is 6.54 Å². The van der Waals surface area contributed by atoms with Crippen molar-refractivity contribution in [2.75, 3.05) is 32.7 Å². The highest BCUT2D eigenvalue weighted by Crippen LogP contribution is 2.22. The summed E-state index contributed by atoms with van der Waals surface area (Å²) >= 11 is 0. The van der Waals surface area contributed by atoms with Crippen molar-refractivity contribution in [1.29, 1.82) is 0 Å². The number of nitrogens with zero attached hydrogens (tertiary/aromatic N) is 1. The lowest BCUT2D eigenvalue weighted by Gasteiger charge is -2.08. The van der Waals surface area contributed by atoms with Crippen molar-refractivity contribution in [3.05, 3.63) is 54.1 Å². The second-order valence-corrected chi connectivity index (χ2v) is 8.69. The topological polar surface area (TPSA) is 79.8 Å². The van der Waals surface area contributed by atoms with Gasteiger partial charge in [0.05, 0.1) is 13.7 Å². The zero-order valence-corrected chi connectivity index (χ0v) is 16.1. The number of nitrogens with one attached hydrogen (secondary N) is 2. The number of amides is 2. The molecule has 2 aromatic rings. The van der Waals surface area contributed by atoms with E-state index in [9.17, 15) is 9.00 Å². The lowest BCUT2D eigenvalue weighted by atomic mass is 10.0. The average Bonchev–Trinajstić information content (AvgIpc) is 2.63. The maximum atomic E-state index is 11.7. The van der Waals surface area contributed by atoms with Crippen LogP contribution in [0.4, 0.5) is 4.79 Å². The van der Waals surface area contributed by atoms with Gasteiger partial charge in [-0.3, -0.25) is 4.21 Å². The van der Waals surface area contributed by atoms with Gasteiger partial charge in [0.2, 0.25) is 0 Å². The van der Waals surface area contributed by atoms with Gasteiger partial charge in [-0.1, -0.05) is 36.4 Å². The van der Waals surface area contributed by atoms with Crippen LogP contribution in [0.15, 0.2) is 52.9 Å². The van der Waals surface area contributed by atoms with Crippen LogP contribution in [0.25, 0.3) is 11.1 Å². The number of benzene rings is 2. The summed E-state index contributed by atoms with van der Waals surface area (Å²) in [6.07, 6.45) is 3.14. The van der Waals surface area contributed by atoms with Crippen molar-refractivity contribution in [1.82, 2.24) is 10.6 Å². The van der Waals surface area contributed by atoms with E-state index in [-0.39, 0.29) is 6.03 Å². The van der Waals surface area contributed by atoms with Gasteiger partial charge < -0.3 is 15.4 Å². The molecule has 2 N–H and O–H groups in total. The number of hydrogen-bond donors (Lipinski definition) is 2. The molecular formula is C19H25N3O3S. The Kier molecular flexibility index (Phi) is 7.03. The number of carbonyl (C=O) groups is 1. The molecule has 2 rings (SSSR count). The molecular weight excluding hydrogens is 350 g/mol. The molecule has 0 radical (unpaired) electrons. The van der Waals surface area contributed by atoms with Crippen molar-refractivity contribution in [3.8, 4) is 16.9 Å². The van der Waals surface area contributed by atoms with Crippen LogP contribution in [-0.2, 0) is 16.3 Å². The van der Waals surface area contributed by atoms with Crippen LogP contribution >= 0.6 is 0 Å². The SMILES string of the molecule is COc1ccc(-c2ccc(CNC(=O)NCCN=S(C)(C)=O)cc2)cc1. The number of methoxy groups -OCH3 is 1. The van der Waals surface area contributed by atoms with E-state index in [1.54, 1.807) is 19.6 Å². The van der Waals surface area contributed by atoms with Crippen LogP contribution in [0.1, 0.15) is 5.56 Å². The predicted octanol–water partition coefficient (Wildman–Crippen LogP) is 2.89. The Morgan fingerprint density at radius 2 is 1.58 bits per heavy atom. The Morgan fingerprint density at radius 3 is 2.12 bits per heavy atom. The fourth-order valence-corrected chi connectivity index (χ4v) is 2.81. The molecule has 0 aliphatic heterocycles. The van der Waals surface area contributed by atoms with Gasteiger partial charge in [-0.25, -0.2) is 9.16 Å². The van der Waals surface area contributed by atoms with E-state index in [2.05, 4.69) is 15.0 Å². The van der Waals surface area contributed by atoms with Crippen molar-refractivity contribution in [2.24, 2.45) is 4.36 Å². The third-order valence-electron chi connectivity index (χ3n) is 3.63. The molecule has 0 spiro atoms. The lowest BCUT2D eigenvalue weighted by molar-refractivity contribution is 0.241. The minimum absolute atomic E-state index is 0.266. The van der Waals surface area contributed by atoms with Gasteiger partial charge in [-0.15, -0.1) is 0 Å². The number of rotatable bonds is 7. The first kappa shape index (κ1) is 19.8. The third-order valence-corrected chi connectivity index (χ3v) is 4.43. The van der Waals surface area contributed by atoms with Crippen LogP contribution in [0.3, 0.4) is 0 Å². The molecule has 0 heterocycles. The van der Waals surface area contributed by atoms with Crippen molar-refractivity contribution < 1.29 is 13.7 Å². The molecule has 26 heavy (non-hydrogen) atoms. The summed E-state index contributed by atoms with van der Waals surface area (Å²) in [7, 11) is -0.466. The van der Waals surface area contributed by atoms with Crippen LogP contribution in [0.2, 0.25) is 0 Å². The van der Waals surface area contributed by atoms with Crippen LogP contribution in [0.5, 0.6) is 5.75 Å². The highest BCUT2D eigenvalue weighted by Gasteiger charge is 2.02. The van der Waals surface area contributed by atoms with Gasteiger partial charge in [-0.2, -0.15) is 0 Å². The maximum Gasteiger partial charge on any atom is 0.315 e. The predicted molar refractivity (Wildman–Crippen MR) is 106 cm³/mol. The standard InChI is InChI=1S/C19H25N3O3S/c1-25-18-10-8-17(9-11-18)16-6-4-15(5-7-16)14-21-19(23)20-12-13-22-26(2,3)24/h4-11H,12-14H2,1-3H3,(H2,20,21,23). The second kappa shape index (κ2) is 9.24. The largest absolute Gasteiger partial charge is 0.497 e. The van der Waals surface area contributed by atoms with E-state index in [4.69, 9.17) is 4.74 Å². The second-order valence-electron chi connectivity index (χ2n) is 6.07. The summed E-state index contributed by atoms with van der Waals surface area (Å²) in [5, 5.41) is 5.48. The molecule has 0 fully saturated rings. The molecule has 2 aromatic carbocycles. The molecule has 2 amide bonds. The fraction of sp³-hybridized carbons (Fsp3) is 0.316. The molecule has 0 unspecified atom stereocenters. The molecule has 0 aliphatic carbocycles. The summed E-state index contributed by atoms with van der Waals surface area (Å²) in [5.74, 6) is 0.827. The summed E-state index contributed by atoms with van der Waals surface area (Å²) < 4.78 is 20.5. The lowest BCUT2D eigenvalue weighted by Crippen LogP contribution is -2.36. The summed E-state index contributed by atoms with van der Waals surface area (Å²) in [6, 6.07) is 15.6. The van der Waals surface area contributed by atoms with E-state index in [0.717, 1.165) is 22.4 Å². The average molecular weight is 375 g/mol. The molecule has 7 heteroatoms. The maximum absolute atomic E-state index is 11.7. The monoisotopic (exact) mass is 375 g/mol. The first-order valence-corrected chi connectivity index (χ1v) is 10.6. The normalized spacial score (nSPS) is 10.9. The minimum atomic E-state index is -2.11. The first-order valence-electron chi connectivity index (χ1n) is 8.25. The van der Waals surface area contributed by atoms with Gasteiger partial charge in [0.15, 0.2) is 0 Å². The van der Waals surface area contributed by atoms with Crippen LogP contribution in [-0.4, -0.2) is 43.0 Å². The Hall–Kier alpha value is -2.54. The number of hydrogen-bond acceptors (Lipinski definition) is 4. The smallest absolute Gasteiger partial charge is 0.315 e. The van der Waals surface area contributed by atoms with Crippen molar-refractivity contribution >= 4 is 15.8 Å². The van der Waals surface area contributed by atoms with Gasteiger partial charge in [-0.05, 0) is 28.8 Å². The molecule has 0 saturated heterocycles. The number of ether oxygens (including phenoxy) is 1. The highest BCUT2D eigenvalue weighted by molar-refractivity contribution is 7.92. The summed E-state index contributed by atoms with van der Waals surface area (Å²) in [5.41, 5.74) is 3.22. The summed E-state index contributed by atoms with van der Waals surface area (Å²) in [4.78, 5) is 11.7. The van der Waals surface area contributed by atoms with E-state index < -0.39 is 9.73 Å². The molecule has 0 atom stereocenters.